The normalized spacial score (nSPS) is 12.5. The molecule has 41 heavy (non-hydrogen) atoms. The first kappa shape index (κ1) is 33.2. The van der Waals surface area contributed by atoms with Gasteiger partial charge in [0, 0.05) is 18.8 Å². The van der Waals surface area contributed by atoms with Crippen molar-refractivity contribution in [3.05, 3.63) is 65.7 Å². The van der Waals surface area contributed by atoms with E-state index in [0.717, 1.165) is 11.1 Å². The van der Waals surface area contributed by atoms with Gasteiger partial charge in [0.2, 0.25) is 11.8 Å². The molecule has 0 bridgehead atoms. The van der Waals surface area contributed by atoms with Crippen LogP contribution in [0.2, 0.25) is 0 Å². The van der Waals surface area contributed by atoms with Crippen molar-refractivity contribution in [2.75, 3.05) is 20.2 Å². The highest BCUT2D eigenvalue weighted by Crippen LogP contribution is 2.19. The first-order valence-corrected chi connectivity index (χ1v) is 13.6. The molecule has 0 saturated heterocycles. The van der Waals surface area contributed by atoms with E-state index < -0.39 is 29.7 Å². The van der Waals surface area contributed by atoms with Gasteiger partial charge in [0.05, 0.1) is 32.7 Å². The number of Topliss-reactive ketones (excluding diaryl/α,β-unsaturated/α-hetero) is 2. The number of amides is 2. The van der Waals surface area contributed by atoms with Gasteiger partial charge in [-0.2, -0.15) is 0 Å². The summed E-state index contributed by atoms with van der Waals surface area (Å²) in [5, 5.41) is 5.14. The summed E-state index contributed by atoms with van der Waals surface area (Å²) in [5.41, 5.74) is 7.44. The highest BCUT2D eigenvalue weighted by molar-refractivity contribution is 5.93. The maximum atomic E-state index is 12.9. The Morgan fingerprint density at radius 1 is 0.780 bits per heavy atom. The van der Waals surface area contributed by atoms with Crippen molar-refractivity contribution < 1.29 is 33.4 Å². The second-order valence-corrected chi connectivity index (χ2v) is 10.8. The van der Waals surface area contributed by atoms with Gasteiger partial charge >= 0.3 is 5.97 Å². The van der Waals surface area contributed by atoms with Gasteiger partial charge in [-0.1, -0.05) is 42.5 Å². The minimum absolute atomic E-state index is 0.0592. The van der Waals surface area contributed by atoms with E-state index in [1.165, 1.54) is 7.11 Å². The molecule has 10 nitrogen and oxygen atoms in total. The molecule has 2 aromatic rings. The predicted octanol–water partition coefficient (Wildman–Crippen LogP) is 2.31. The lowest BCUT2D eigenvalue weighted by atomic mass is 9.93. The molecule has 222 valence electrons. The van der Waals surface area contributed by atoms with Crippen LogP contribution in [0.4, 0.5) is 0 Å². The minimum atomic E-state index is -0.864. The van der Waals surface area contributed by atoms with Crippen molar-refractivity contribution in [3.63, 3.8) is 0 Å². The van der Waals surface area contributed by atoms with E-state index in [-0.39, 0.29) is 62.4 Å². The van der Waals surface area contributed by atoms with Crippen LogP contribution >= 0.6 is 0 Å². The fourth-order valence-electron chi connectivity index (χ4n) is 3.98. The Hall–Kier alpha value is -4.05. The quantitative estimate of drug-likeness (QED) is 0.261. The van der Waals surface area contributed by atoms with Gasteiger partial charge in [-0.05, 0) is 56.9 Å². The lowest BCUT2D eigenvalue weighted by Gasteiger charge is -2.21. The molecule has 0 radical (unpaired) electrons. The van der Waals surface area contributed by atoms with Gasteiger partial charge in [0.15, 0.2) is 11.6 Å². The number of hydrogen-bond donors (Lipinski definition) is 3. The van der Waals surface area contributed by atoms with E-state index in [1.54, 1.807) is 0 Å². The maximum Gasteiger partial charge on any atom is 0.305 e. The van der Waals surface area contributed by atoms with Crippen LogP contribution in [0.3, 0.4) is 0 Å². The predicted molar refractivity (Wildman–Crippen MR) is 154 cm³/mol. The summed E-state index contributed by atoms with van der Waals surface area (Å²) in [6, 6.07) is 15.6. The Morgan fingerprint density at radius 3 is 1.98 bits per heavy atom. The first-order chi connectivity index (χ1) is 19.4. The molecule has 0 saturated carbocycles. The summed E-state index contributed by atoms with van der Waals surface area (Å²) in [7, 11) is 1.23. The molecule has 10 heteroatoms. The largest absolute Gasteiger partial charge is 0.488 e. The SMILES string of the molecule is COC(=O)CCC(=O)CNC(=O)[C@@H](CC(=O)CNC(=O)[C@@H](N)Cc1ccc(OC(C)(C)C)cc1)Cc1ccccc1. The highest BCUT2D eigenvalue weighted by atomic mass is 16.5. The molecule has 2 atom stereocenters. The summed E-state index contributed by atoms with van der Waals surface area (Å²) >= 11 is 0. The summed E-state index contributed by atoms with van der Waals surface area (Å²) in [6.45, 7) is 5.33. The van der Waals surface area contributed by atoms with Gasteiger partial charge in [-0.25, -0.2) is 0 Å². The molecule has 2 aromatic carbocycles. The number of benzene rings is 2. The topological polar surface area (TPSA) is 154 Å². The molecule has 2 rings (SSSR count). The number of carbonyl (C=O) groups is 5. The molecule has 2 amide bonds. The van der Waals surface area contributed by atoms with Crippen LogP contribution in [0.15, 0.2) is 54.6 Å². The Balaban J connectivity index is 1.89. The number of nitrogens with one attached hydrogen (secondary N) is 2. The molecule has 4 N–H and O–H groups in total. The van der Waals surface area contributed by atoms with Crippen LogP contribution in [0.5, 0.6) is 5.75 Å². The van der Waals surface area contributed by atoms with E-state index in [2.05, 4.69) is 15.4 Å². The summed E-state index contributed by atoms with van der Waals surface area (Å²) in [5.74, 6) is -2.16. The van der Waals surface area contributed by atoms with E-state index in [1.807, 2.05) is 75.4 Å². The van der Waals surface area contributed by atoms with Crippen LogP contribution in [0.25, 0.3) is 0 Å². The molecule has 0 spiro atoms. The van der Waals surface area contributed by atoms with Crippen molar-refractivity contribution >= 4 is 29.4 Å². The van der Waals surface area contributed by atoms with Crippen molar-refractivity contribution in [1.82, 2.24) is 10.6 Å². The standard InChI is InChI=1S/C31H41N3O7/c1-31(2,3)41-26-13-10-22(11-14-26)17-27(32)30(39)34-20-25(36)18-23(16-21-8-6-5-7-9-21)29(38)33-19-24(35)12-15-28(37)40-4/h5-11,13-14,23,27H,12,15-20,32H2,1-4H3,(H,33,38)(H,34,39)/t23-,27+/m1/s1. The molecule has 0 aliphatic carbocycles. The molecular weight excluding hydrogens is 526 g/mol. The summed E-state index contributed by atoms with van der Waals surface area (Å²) in [4.78, 5) is 61.5. The zero-order chi connectivity index (χ0) is 30.4. The number of methoxy groups -OCH3 is 1. The summed E-state index contributed by atoms with van der Waals surface area (Å²) < 4.78 is 10.3. The molecule has 0 aliphatic heterocycles. The van der Waals surface area contributed by atoms with Gasteiger partial charge in [-0.3, -0.25) is 24.0 Å². The van der Waals surface area contributed by atoms with E-state index in [9.17, 15) is 24.0 Å². The monoisotopic (exact) mass is 567 g/mol. The zero-order valence-corrected chi connectivity index (χ0v) is 24.2. The molecule has 0 unspecified atom stereocenters. The van der Waals surface area contributed by atoms with Gasteiger partial charge < -0.3 is 25.8 Å². The maximum absolute atomic E-state index is 12.9. The number of rotatable bonds is 16. The average Bonchev–Trinajstić information content (AvgIpc) is 2.93. The Bertz CT molecular complexity index is 1170. The van der Waals surface area contributed by atoms with Gasteiger partial charge in [0.1, 0.15) is 11.4 Å². The van der Waals surface area contributed by atoms with Crippen LogP contribution in [-0.2, 0) is 41.6 Å². The number of ether oxygens (including phenoxy) is 2. The number of carbonyl (C=O) groups excluding carboxylic acids is 5. The molecule has 0 fully saturated rings. The van der Waals surface area contributed by atoms with Crippen LogP contribution in [-0.4, -0.2) is 61.2 Å². The highest BCUT2D eigenvalue weighted by Gasteiger charge is 2.24. The smallest absolute Gasteiger partial charge is 0.305 e. The third kappa shape index (κ3) is 13.2. The Morgan fingerprint density at radius 2 is 1.37 bits per heavy atom. The van der Waals surface area contributed by atoms with E-state index in [4.69, 9.17) is 10.5 Å². The first-order valence-electron chi connectivity index (χ1n) is 13.6. The zero-order valence-electron chi connectivity index (χ0n) is 24.2. The van der Waals surface area contributed by atoms with Crippen LogP contribution in [0.1, 0.15) is 51.2 Å². The van der Waals surface area contributed by atoms with Crippen LogP contribution < -0.4 is 21.1 Å². The molecule has 0 heterocycles. The average molecular weight is 568 g/mol. The van der Waals surface area contributed by atoms with E-state index in [0.29, 0.717) is 5.75 Å². The minimum Gasteiger partial charge on any atom is -0.488 e. The lowest BCUT2D eigenvalue weighted by Crippen LogP contribution is -2.44. The Labute approximate surface area is 241 Å². The Kier molecular flexibility index (Phi) is 13.2. The fraction of sp³-hybridized carbons (Fsp3) is 0.452. The number of hydrogen-bond acceptors (Lipinski definition) is 8. The van der Waals surface area contributed by atoms with E-state index >= 15 is 0 Å². The van der Waals surface area contributed by atoms with Gasteiger partial charge in [0.25, 0.3) is 0 Å². The van der Waals surface area contributed by atoms with Crippen LogP contribution in [0, 0.1) is 5.92 Å². The van der Waals surface area contributed by atoms with Crippen molar-refractivity contribution in [1.29, 1.82) is 0 Å². The van der Waals surface area contributed by atoms with Gasteiger partial charge in [-0.15, -0.1) is 0 Å². The number of esters is 1. The van der Waals surface area contributed by atoms with Crippen molar-refractivity contribution in [2.45, 2.75) is 64.5 Å². The third-order valence-corrected chi connectivity index (χ3v) is 6.06. The van der Waals surface area contributed by atoms with Crippen molar-refractivity contribution in [3.8, 4) is 5.75 Å². The van der Waals surface area contributed by atoms with Crippen molar-refractivity contribution in [2.24, 2.45) is 11.7 Å². The molecule has 0 aromatic heterocycles. The lowest BCUT2D eigenvalue weighted by molar-refractivity contribution is -0.141. The number of ketones is 2. The fourth-order valence-corrected chi connectivity index (χ4v) is 3.98. The molecular formula is C31H41N3O7. The molecule has 0 aliphatic rings. The third-order valence-electron chi connectivity index (χ3n) is 6.06. The second-order valence-electron chi connectivity index (χ2n) is 10.8. The second kappa shape index (κ2) is 16.3. The summed E-state index contributed by atoms with van der Waals surface area (Å²) in [6.07, 6.45) is 0.282. The number of nitrogens with two attached hydrogens (primary N) is 1.